The quantitative estimate of drug-likeness (QED) is 0.445. The Morgan fingerprint density at radius 3 is 2.72 bits per heavy atom. The lowest BCUT2D eigenvalue weighted by molar-refractivity contribution is -0.166. The second-order valence-electron chi connectivity index (χ2n) is 7.97. The fraction of sp³-hybridized carbons (Fsp3) is 0.350. The summed E-state index contributed by atoms with van der Waals surface area (Å²) in [5.41, 5.74) is 1.93. The summed E-state index contributed by atoms with van der Waals surface area (Å²) in [4.78, 5) is 13.8. The highest BCUT2D eigenvalue weighted by molar-refractivity contribution is 5.67. The number of halogens is 3. The molecule has 0 N–H and O–H groups in total. The van der Waals surface area contributed by atoms with Crippen LogP contribution in [0.4, 0.5) is 13.2 Å². The summed E-state index contributed by atoms with van der Waals surface area (Å²) < 4.78 is 43.3. The summed E-state index contributed by atoms with van der Waals surface area (Å²) in [6.07, 6.45) is 4.41. The smallest absolute Gasteiger partial charge is 0.314 e. The van der Waals surface area contributed by atoms with Gasteiger partial charge in [0.05, 0.1) is 18.4 Å². The average Bonchev–Trinajstić information content (AvgIpc) is 3.44. The van der Waals surface area contributed by atoms with Crippen molar-refractivity contribution in [3.63, 3.8) is 0 Å². The van der Waals surface area contributed by atoms with E-state index in [-0.39, 0.29) is 19.6 Å². The van der Waals surface area contributed by atoms with Crippen LogP contribution in [0, 0.1) is 6.57 Å². The first-order chi connectivity index (χ1) is 15.3. The number of nitrogens with zero attached hydrogens (tertiary/aromatic N) is 9. The normalized spacial score (nSPS) is 16.2. The molecule has 0 spiro atoms. The van der Waals surface area contributed by atoms with Crippen molar-refractivity contribution in [1.29, 1.82) is 0 Å². The molecule has 0 radical (unpaired) electrons. The van der Waals surface area contributed by atoms with Gasteiger partial charge in [0.25, 0.3) is 0 Å². The number of hydrogen-bond acceptors (Lipinski definition) is 5. The first-order valence-corrected chi connectivity index (χ1v) is 9.78. The van der Waals surface area contributed by atoms with E-state index in [4.69, 9.17) is 11.6 Å². The van der Waals surface area contributed by atoms with Gasteiger partial charge in [-0.1, -0.05) is 0 Å². The van der Waals surface area contributed by atoms with Crippen LogP contribution in [0.2, 0.25) is 0 Å². The van der Waals surface area contributed by atoms with E-state index in [1.165, 1.54) is 4.90 Å². The maximum absolute atomic E-state index is 12.7. The molecule has 0 amide bonds. The number of likely N-dealkylation sites (tertiary alicyclic amines) is 1. The third kappa shape index (κ3) is 3.50. The highest BCUT2D eigenvalue weighted by Gasteiger charge is 2.51. The van der Waals surface area contributed by atoms with Crippen molar-refractivity contribution < 1.29 is 13.2 Å². The van der Waals surface area contributed by atoms with Crippen molar-refractivity contribution in [3.05, 3.63) is 54.5 Å². The monoisotopic (exact) mass is 441 g/mol. The van der Waals surface area contributed by atoms with Gasteiger partial charge in [-0.2, -0.15) is 23.4 Å². The molecule has 0 unspecified atom stereocenters. The van der Waals surface area contributed by atoms with Crippen LogP contribution in [0.3, 0.4) is 0 Å². The Bertz CT molecular complexity index is 1320. The van der Waals surface area contributed by atoms with Crippen molar-refractivity contribution in [2.45, 2.75) is 11.7 Å². The van der Waals surface area contributed by atoms with Crippen LogP contribution in [0.5, 0.6) is 0 Å². The molecular formula is C20H18F3N9. The van der Waals surface area contributed by atoms with Crippen LogP contribution >= 0.6 is 0 Å². The van der Waals surface area contributed by atoms with Gasteiger partial charge in [-0.25, -0.2) is 16.5 Å². The molecule has 0 bridgehead atoms. The molecule has 0 aromatic carbocycles. The molecule has 0 atom stereocenters. The lowest BCUT2D eigenvalue weighted by Crippen LogP contribution is -2.65. The summed E-state index contributed by atoms with van der Waals surface area (Å²) in [6.45, 7) is 6.56. The van der Waals surface area contributed by atoms with Gasteiger partial charge in [-0.05, 0) is 6.07 Å². The molecule has 0 aliphatic carbocycles. The van der Waals surface area contributed by atoms with Crippen LogP contribution in [0.1, 0.15) is 0 Å². The molecular weight excluding hydrogens is 423 g/mol. The van der Waals surface area contributed by atoms with Gasteiger partial charge < -0.3 is 4.85 Å². The van der Waals surface area contributed by atoms with Crippen molar-refractivity contribution in [2.24, 2.45) is 7.05 Å². The fourth-order valence-corrected chi connectivity index (χ4v) is 4.13. The zero-order valence-electron chi connectivity index (χ0n) is 17.0. The largest absolute Gasteiger partial charge is 0.401 e. The number of hydrogen-bond donors (Lipinski definition) is 0. The molecule has 164 valence electrons. The maximum atomic E-state index is 12.7. The van der Waals surface area contributed by atoms with E-state index in [0.29, 0.717) is 22.9 Å². The molecule has 32 heavy (non-hydrogen) atoms. The minimum atomic E-state index is -4.27. The third-order valence-electron chi connectivity index (χ3n) is 5.51. The topological polar surface area (TPSA) is 73.4 Å². The Labute approximate surface area is 180 Å². The van der Waals surface area contributed by atoms with Gasteiger partial charge in [0.1, 0.15) is 11.3 Å². The number of aromatic nitrogens is 7. The molecule has 5 rings (SSSR count). The van der Waals surface area contributed by atoms with E-state index in [9.17, 15) is 13.2 Å². The number of aryl methyl sites for hydroxylation is 1. The van der Waals surface area contributed by atoms with Crippen LogP contribution in [0.25, 0.3) is 33.3 Å². The Balaban J connectivity index is 1.51. The van der Waals surface area contributed by atoms with Crippen LogP contribution in [0.15, 0.2) is 43.1 Å². The van der Waals surface area contributed by atoms with Gasteiger partial charge in [0.15, 0.2) is 11.4 Å². The molecule has 1 aliphatic heterocycles. The molecule has 1 saturated heterocycles. The van der Waals surface area contributed by atoms with Gasteiger partial charge >= 0.3 is 6.18 Å². The Morgan fingerprint density at radius 2 is 2.03 bits per heavy atom. The average molecular weight is 441 g/mol. The molecule has 4 aromatic rings. The predicted molar refractivity (Wildman–Crippen MR) is 108 cm³/mol. The number of alkyl halides is 3. The minimum absolute atomic E-state index is 0.0477. The summed E-state index contributed by atoms with van der Waals surface area (Å²) in [7, 11) is 1.82. The second-order valence-corrected chi connectivity index (χ2v) is 7.97. The molecule has 0 saturated carbocycles. The molecule has 5 heterocycles. The molecule has 1 aliphatic rings. The third-order valence-corrected chi connectivity index (χ3v) is 5.51. The highest BCUT2D eigenvalue weighted by Crippen LogP contribution is 2.33. The second kappa shape index (κ2) is 7.16. The number of fused-ring (bicyclic) bond motifs is 1. The zero-order chi connectivity index (χ0) is 22.5. The molecule has 1 fully saturated rings. The van der Waals surface area contributed by atoms with E-state index < -0.39 is 18.3 Å². The van der Waals surface area contributed by atoms with Gasteiger partial charge in [-0.15, -0.1) is 0 Å². The van der Waals surface area contributed by atoms with Crippen LogP contribution in [-0.4, -0.2) is 71.2 Å². The van der Waals surface area contributed by atoms with Crippen molar-refractivity contribution in [2.75, 3.05) is 26.2 Å². The lowest BCUT2D eigenvalue weighted by Gasteiger charge is -2.47. The van der Waals surface area contributed by atoms with Gasteiger partial charge in [0.2, 0.25) is 6.54 Å². The van der Waals surface area contributed by atoms with Crippen molar-refractivity contribution in [3.8, 4) is 22.8 Å². The van der Waals surface area contributed by atoms with Gasteiger partial charge in [0, 0.05) is 56.6 Å². The minimum Gasteiger partial charge on any atom is -0.314 e. The van der Waals surface area contributed by atoms with E-state index in [1.807, 2.05) is 19.3 Å². The SMILES string of the molecule is [C-]#[N+]CC1(n2ccc(-c3nc(-c4cnn(C)c4)cc4nccn34)n2)CN(CC(F)(F)F)C1. The standard InChI is InChI=1S/C20H18F3N9/c1-24-10-19(11-30(12-19)13-20(21,22)23)32-5-3-15(28-32)18-27-16(14-8-26-29(2)9-14)7-17-25-4-6-31(17)18/h3-9H,10-13H2,2H3. The summed E-state index contributed by atoms with van der Waals surface area (Å²) in [5, 5.41) is 8.82. The lowest BCUT2D eigenvalue weighted by atomic mass is 9.90. The first-order valence-electron chi connectivity index (χ1n) is 9.78. The van der Waals surface area contributed by atoms with E-state index in [2.05, 4.69) is 20.0 Å². The Kier molecular flexibility index (Phi) is 4.52. The van der Waals surface area contributed by atoms with E-state index in [1.54, 1.807) is 44.6 Å². The van der Waals surface area contributed by atoms with Crippen LogP contribution in [-0.2, 0) is 12.6 Å². The summed E-state index contributed by atoms with van der Waals surface area (Å²) in [5.74, 6) is 0.544. The predicted octanol–water partition coefficient (Wildman–Crippen LogP) is 2.49. The Hall–Kier alpha value is -3.72. The van der Waals surface area contributed by atoms with Gasteiger partial charge in [-0.3, -0.25) is 18.7 Å². The molecule has 4 aromatic heterocycles. The fourth-order valence-electron chi connectivity index (χ4n) is 4.13. The van der Waals surface area contributed by atoms with E-state index in [0.717, 1.165) is 5.56 Å². The summed E-state index contributed by atoms with van der Waals surface area (Å²) >= 11 is 0. The van der Waals surface area contributed by atoms with E-state index >= 15 is 0 Å². The highest BCUT2D eigenvalue weighted by atomic mass is 19.4. The first kappa shape index (κ1) is 20.2. The maximum Gasteiger partial charge on any atom is 0.401 e. The summed E-state index contributed by atoms with van der Waals surface area (Å²) in [6, 6.07) is 3.60. The Morgan fingerprint density at radius 1 is 1.22 bits per heavy atom. The molecule has 9 nitrogen and oxygen atoms in total. The van der Waals surface area contributed by atoms with Crippen molar-refractivity contribution >= 4 is 5.65 Å². The van der Waals surface area contributed by atoms with Crippen molar-refractivity contribution in [1.82, 2.24) is 38.8 Å². The van der Waals surface area contributed by atoms with Crippen LogP contribution < -0.4 is 0 Å². The zero-order valence-corrected chi connectivity index (χ0v) is 17.0. The molecule has 12 heteroatoms. The number of rotatable bonds is 5. The number of imidazole rings is 1.